The Morgan fingerprint density at radius 1 is 1.05 bits per heavy atom. The third kappa shape index (κ3) is 5.14. The molecule has 3 heteroatoms. The predicted molar refractivity (Wildman–Crippen MR) is 84.4 cm³/mol. The minimum atomic E-state index is 0.212. The summed E-state index contributed by atoms with van der Waals surface area (Å²) in [6.45, 7) is 8.08. The van der Waals surface area contributed by atoms with Crippen molar-refractivity contribution in [2.24, 2.45) is 0 Å². The van der Waals surface area contributed by atoms with Gasteiger partial charge in [-0.05, 0) is 44.0 Å². The highest BCUT2D eigenvalue weighted by Crippen LogP contribution is 2.24. The van der Waals surface area contributed by atoms with Crippen molar-refractivity contribution in [2.75, 3.05) is 20.3 Å². The summed E-state index contributed by atoms with van der Waals surface area (Å²) < 4.78 is 11.2. The minimum Gasteiger partial charge on any atom is -0.494 e. The number of hydrogen-bond donors (Lipinski definition) is 1. The van der Waals surface area contributed by atoms with E-state index in [-0.39, 0.29) is 12.1 Å². The summed E-state index contributed by atoms with van der Waals surface area (Å²) in [5.74, 6) is 0.926. The fraction of sp³-hybridized carbons (Fsp3) is 0.647. The molecule has 1 aromatic carbocycles. The van der Waals surface area contributed by atoms with Gasteiger partial charge in [0.1, 0.15) is 5.75 Å². The molecule has 1 aromatic rings. The van der Waals surface area contributed by atoms with Crippen molar-refractivity contribution in [2.45, 2.75) is 52.2 Å². The summed E-state index contributed by atoms with van der Waals surface area (Å²) in [7, 11) is 1.80. The molecule has 0 aliphatic rings. The SMILES string of the molecule is CCCNC(c1ccc(OCC)cc1)C(CCC)OC. The summed E-state index contributed by atoms with van der Waals surface area (Å²) in [4.78, 5) is 0. The van der Waals surface area contributed by atoms with Crippen LogP contribution in [0.2, 0.25) is 0 Å². The van der Waals surface area contributed by atoms with Gasteiger partial charge in [0, 0.05) is 7.11 Å². The van der Waals surface area contributed by atoms with E-state index < -0.39 is 0 Å². The van der Waals surface area contributed by atoms with Gasteiger partial charge in [0.2, 0.25) is 0 Å². The number of benzene rings is 1. The van der Waals surface area contributed by atoms with Crippen LogP contribution in [0.3, 0.4) is 0 Å². The highest BCUT2D eigenvalue weighted by molar-refractivity contribution is 5.29. The lowest BCUT2D eigenvalue weighted by Crippen LogP contribution is -2.33. The largest absolute Gasteiger partial charge is 0.494 e. The van der Waals surface area contributed by atoms with E-state index in [1.54, 1.807) is 7.11 Å². The van der Waals surface area contributed by atoms with Gasteiger partial charge in [-0.1, -0.05) is 32.4 Å². The van der Waals surface area contributed by atoms with Gasteiger partial charge in [-0.15, -0.1) is 0 Å². The summed E-state index contributed by atoms with van der Waals surface area (Å²) in [6.07, 6.45) is 3.52. The molecule has 0 spiro atoms. The first-order valence-corrected chi connectivity index (χ1v) is 7.75. The van der Waals surface area contributed by atoms with Crippen molar-refractivity contribution in [3.05, 3.63) is 29.8 Å². The zero-order chi connectivity index (χ0) is 14.8. The molecule has 0 fully saturated rings. The molecule has 3 nitrogen and oxygen atoms in total. The number of ether oxygens (including phenoxy) is 2. The Morgan fingerprint density at radius 3 is 2.25 bits per heavy atom. The number of hydrogen-bond acceptors (Lipinski definition) is 3. The van der Waals surface area contributed by atoms with Gasteiger partial charge in [-0.3, -0.25) is 0 Å². The molecule has 0 bridgehead atoms. The van der Waals surface area contributed by atoms with Crippen LogP contribution < -0.4 is 10.1 Å². The Balaban J connectivity index is 2.84. The molecule has 0 heterocycles. The molecule has 0 aliphatic carbocycles. The van der Waals surface area contributed by atoms with Crippen molar-refractivity contribution < 1.29 is 9.47 Å². The second kappa shape index (κ2) is 9.78. The van der Waals surface area contributed by atoms with E-state index in [0.717, 1.165) is 31.6 Å². The maximum Gasteiger partial charge on any atom is 0.119 e. The zero-order valence-corrected chi connectivity index (χ0v) is 13.3. The third-order valence-electron chi connectivity index (χ3n) is 3.41. The fourth-order valence-corrected chi connectivity index (χ4v) is 2.41. The molecule has 2 atom stereocenters. The number of nitrogens with one attached hydrogen (secondary N) is 1. The first-order valence-electron chi connectivity index (χ1n) is 7.75. The van der Waals surface area contributed by atoms with Gasteiger partial charge < -0.3 is 14.8 Å². The van der Waals surface area contributed by atoms with Crippen molar-refractivity contribution in [3.63, 3.8) is 0 Å². The molecule has 0 aliphatic heterocycles. The average Bonchev–Trinajstić information content (AvgIpc) is 2.48. The predicted octanol–water partition coefficient (Wildman–Crippen LogP) is 3.94. The third-order valence-corrected chi connectivity index (χ3v) is 3.41. The second-order valence-electron chi connectivity index (χ2n) is 5.00. The van der Waals surface area contributed by atoms with E-state index in [1.807, 2.05) is 19.1 Å². The first kappa shape index (κ1) is 17.0. The maximum absolute atomic E-state index is 5.69. The van der Waals surface area contributed by atoms with E-state index in [9.17, 15) is 0 Å². The minimum absolute atomic E-state index is 0.212. The van der Waals surface area contributed by atoms with Gasteiger partial charge in [-0.25, -0.2) is 0 Å². The Kier molecular flexibility index (Phi) is 8.31. The van der Waals surface area contributed by atoms with E-state index in [2.05, 4.69) is 31.3 Å². The summed E-state index contributed by atoms with van der Waals surface area (Å²) in [5.41, 5.74) is 1.27. The molecule has 0 saturated heterocycles. The molecular weight excluding hydrogens is 250 g/mol. The molecule has 2 unspecified atom stereocenters. The summed E-state index contributed by atoms with van der Waals surface area (Å²) >= 11 is 0. The van der Waals surface area contributed by atoms with Gasteiger partial charge in [0.15, 0.2) is 0 Å². The second-order valence-corrected chi connectivity index (χ2v) is 5.00. The molecule has 0 aromatic heterocycles. The van der Waals surface area contributed by atoms with Crippen LogP contribution in [0.1, 0.15) is 51.6 Å². The lowest BCUT2D eigenvalue weighted by Gasteiger charge is -2.27. The van der Waals surface area contributed by atoms with Crippen LogP contribution in [0.5, 0.6) is 5.75 Å². The zero-order valence-electron chi connectivity index (χ0n) is 13.3. The number of rotatable bonds is 10. The summed E-state index contributed by atoms with van der Waals surface area (Å²) in [5, 5.41) is 3.61. The van der Waals surface area contributed by atoms with Crippen molar-refractivity contribution in [1.82, 2.24) is 5.32 Å². The van der Waals surface area contributed by atoms with Crippen LogP contribution in [0.25, 0.3) is 0 Å². The van der Waals surface area contributed by atoms with Crippen molar-refractivity contribution in [1.29, 1.82) is 0 Å². The highest BCUT2D eigenvalue weighted by atomic mass is 16.5. The molecule has 0 radical (unpaired) electrons. The summed E-state index contributed by atoms with van der Waals surface area (Å²) in [6, 6.07) is 8.60. The van der Waals surface area contributed by atoms with E-state index in [0.29, 0.717) is 6.61 Å². The Labute approximate surface area is 123 Å². The molecule has 1 N–H and O–H groups in total. The van der Waals surface area contributed by atoms with E-state index >= 15 is 0 Å². The topological polar surface area (TPSA) is 30.5 Å². The van der Waals surface area contributed by atoms with Crippen molar-refractivity contribution >= 4 is 0 Å². The lowest BCUT2D eigenvalue weighted by molar-refractivity contribution is 0.0606. The molecule has 0 saturated carbocycles. The lowest BCUT2D eigenvalue weighted by atomic mass is 9.97. The standard InChI is InChI=1S/C17H29NO2/c1-5-8-16(19-4)17(18-13-6-2)14-9-11-15(12-10-14)20-7-3/h9-12,16-18H,5-8,13H2,1-4H3. The van der Waals surface area contributed by atoms with Gasteiger partial charge >= 0.3 is 0 Å². The number of methoxy groups -OCH3 is 1. The van der Waals surface area contributed by atoms with E-state index in [4.69, 9.17) is 9.47 Å². The van der Waals surface area contributed by atoms with Crippen LogP contribution in [0, 0.1) is 0 Å². The van der Waals surface area contributed by atoms with Gasteiger partial charge in [-0.2, -0.15) is 0 Å². The molecule has 0 amide bonds. The fourth-order valence-electron chi connectivity index (χ4n) is 2.41. The van der Waals surface area contributed by atoms with Crippen LogP contribution in [0.4, 0.5) is 0 Å². The van der Waals surface area contributed by atoms with Gasteiger partial charge in [0.05, 0.1) is 18.8 Å². The highest BCUT2D eigenvalue weighted by Gasteiger charge is 2.21. The Morgan fingerprint density at radius 2 is 1.75 bits per heavy atom. The normalized spacial score (nSPS) is 14.0. The molecular formula is C17H29NO2. The van der Waals surface area contributed by atoms with E-state index in [1.165, 1.54) is 5.56 Å². The Hall–Kier alpha value is -1.06. The Bertz CT molecular complexity index is 351. The van der Waals surface area contributed by atoms with Crippen LogP contribution in [0.15, 0.2) is 24.3 Å². The smallest absolute Gasteiger partial charge is 0.119 e. The molecule has 1 rings (SSSR count). The van der Waals surface area contributed by atoms with Crippen LogP contribution in [-0.2, 0) is 4.74 Å². The molecule has 114 valence electrons. The first-order chi connectivity index (χ1) is 9.76. The van der Waals surface area contributed by atoms with Gasteiger partial charge in [0.25, 0.3) is 0 Å². The van der Waals surface area contributed by atoms with Crippen LogP contribution >= 0.6 is 0 Å². The average molecular weight is 279 g/mol. The molecule has 20 heavy (non-hydrogen) atoms. The maximum atomic E-state index is 5.69. The monoisotopic (exact) mass is 279 g/mol. The van der Waals surface area contributed by atoms with Crippen molar-refractivity contribution in [3.8, 4) is 5.75 Å². The quantitative estimate of drug-likeness (QED) is 0.703. The van der Waals surface area contributed by atoms with Crippen LogP contribution in [-0.4, -0.2) is 26.4 Å².